The number of aromatic nitrogens is 1. The molecular weight excluding hydrogens is 320 g/mol. The van der Waals surface area contributed by atoms with E-state index in [1.54, 1.807) is 7.11 Å². The van der Waals surface area contributed by atoms with Gasteiger partial charge < -0.3 is 14.8 Å². The van der Waals surface area contributed by atoms with Crippen molar-refractivity contribution in [1.29, 1.82) is 0 Å². The summed E-state index contributed by atoms with van der Waals surface area (Å²) in [7, 11) is 1.75. The summed E-state index contributed by atoms with van der Waals surface area (Å²) in [5.74, 6) is 0. The smallest absolute Gasteiger partial charge is 0.0954 e. The van der Waals surface area contributed by atoms with E-state index in [0.717, 1.165) is 26.1 Å². The first kappa shape index (κ1) is 18.3. The van der Waals surface area contributed by atoms with E-state index in [9.17, 15) is 0 Å². The molecule has 2 fully saturated rings. The van der Waals surface area contributed by atoms with Crippen LogP contribution >= 0.6 is 11.3 Å². The van der Waals surface area contributed by atoms with E-state index < -0.39 is 0 Å². The highest BCUT2D eigenvalue weighted by Gasteiger charge is 2.56. The zero-order chi connectivity index (χ0) is 17.2. The van der Waals surface area contributed by atoms with Crippen LogP contribution in [-0.2, 0) is 15.9 Å². The van der Waals surface area contributed by atoms with Gasteiger partial charge in [0.05, 0.1) is 23.4 Å². The molecule has 2 saturated carbocycles. The molecule has 0 amide bonds. The summed E-state index contributed by atoms with van der Waals surface area (Å²) in [4.78, 5) is 6.11. The van der Waals surface area contributed by atoms with Gasteiger partial charge >= 0.3 is 0 Å². The zero-order valence-corrected chi connectivity index (χ0v) is 16.4. The Morgan fingerprint density at radius 2 is 2.12 bits per heavy atom. The summed E-state index contributed by atoms with van der Waals surface area (Å²) in [5.41, 5.74) is 1.56. The molecule has 3 atom stereocenters. The molecule has 0 radical (unpaired) electrons. The zero-order valence-electron chi connectivity index (χ0n) is 15.6. The highest BCUT2D eigenvalue weighted by Crippen LogP contribution is 2.55. The van der Waals surface area contributed by atoms with E-state index in [1.807, 2.05) is 11.3 Å². The number of nitrogens with zero attached hydrogens (tertiary/aromatic N) is 1. The molecule has 1 spiro atoms. The molecule has 0 unspecified atom stereocenters. The lowest BCUT2D eigenvalue weighted by Crippen LogP contribution is -2.62. The van der Waals surface area contributed by atoms with Crippen LogP contribution in [0.4, 0.5) is 0 Å². The van der Waals surface area contributed by atoms with Gasteiger partial charge in [-0.05, 0) is 40.0 Å². The van der Waals surface area contributed by atoms with Gasteiger partial charge in [-0.15, -0.1) is 11.3 Å². The molecule has 3 rings (SSSR count). The Hall–Kier alpha value is -0.490. The van der Waals surface area contributed by atoms with Crippen molar-refractivity contribution in [2.75, 3.05) is 20.3 Å². The molecule has 4 nitrogen and oxygen atoms in total. The molecule has 0 saturated heterocycles. The number of ether oxygens (including phenoxy) is 2. The summed E-state index contributed by atoms with van der Waals surface area (Å²) in [6.45, 7) is 8.13. The molecule has 1 aromatic rings. The van der Waals surface area contributed by atoms with Crippen LogP contribution in [0.2, 0.25) is 0 Å². The second-order valence-corrected chi connectivity index (χ2v) is 8.48. The molecule has 0 bridgehead atoms. The van der Waals surface area contributed by atoms with E-state index >= 15 is 0 Å². The first-order chi connectivity index (χ1) is 11.6. The van der Waals surface area contributed by atoms with Crippen LogP contribution < -0.4 is 5.32 Å². The van der Waals surface area contributed by atoms with E-state index in [2.05, 4.69) is 26.1 Å². The Kier molecular flexibility index (Phi) is 5.96. The molecule has 2 aliphatic rings. The topological polar surface area (TPSA) is 43.4 Å². The van der Waals surface area contributed by atoms with Gasteiger partial charge in [0.25, 0.3) is 0 Å². The molecule has 1 aromatic heterocycles. The van der Waals surface area contributed by atoms with Crippen LogP contribution in [-0.4, -0.2) is 37.5 Å². The third kappa shape index (κ3) is 3.41. The minimum absolute atomic E-state index is 0.365. The Labute approximate surface area is 150 Å². The van der Waals surface area contributed by atoms with Crippen LogP contribution in [0, 0.1) is 12.3 Å². The fraction of sp³-hybridized carbons (Fsp3) is 0.842. The molecule has 2 aliphatic carbocycles. The predicted octanol–water partition coefficient (Wildman–Crippen LogP) is 4.03. The number of hydrogen-bond donors (Lipinski definition) is 1. The van der Waals surface area contributed by atoms with Crippen molar-refractivity contribution in [1.82, 2.24) is 10.3 Å². The van der Waals surface area contributed by atoms with E-state index in [1.165, 1.54) is 41.3 Å². The van der Waals surface area contributed by atoms with Gasteiger partial charge in [0.15, 0.2) is 0 Å². The normalized spacial score (nSPS) is 26.7. The van der Waals surface area contributed by atoms with Gasteiger partial charge in [0.2, 0.25) is 0 Å². The minimum atomic E-state index is 0.365. The number of rotatable bonds is 8. The van der Waals surface area contributed by atoms with Crippen molar-refractivity contribution >= 4 is 11.3 Å². The highest BCUT2D eigenvalue weighted by atomic mass is 32.1. The van der Waals surface area contributed by atoms with Gasteiger partial charge in [-0.25, -0.2) is 4.98 Å². The Morgan fingerprint density at radius 3 is 2.79 bits per heavy atom. The second kappa shape index (κ2) is 7.81. The van der Waals surface area contributed by atoms with Crippen LogP contribution in [0.15, 0.2) is 0 Å². The van der Waals surface area contributed by atoms with Crippen molar-refractivity contribution < 1.29 is 9.47 Å². The van der Waals surface area contributed by atoms with Crippen molar-refractivity contribution in [3.05, 3.63) is 15.6 Å². The van der Waals surface area contributed by atoms with Gasteiger partial charge in [0, 0.05) is 42.5 Å². The van der Waals surface area contributed by atoms with E-state index in [4.69, 9.17) is 14.5 Å². The van der Waals surface area contributed by atoms with Gasteiger partial charge in [-0.3, -0.25) is 0 Å². The number of aryl methyl sites for hydroxylation is 1. The average Bonchev–Trinajstić information content (AvgIpc) is 3.20. The van der Waals surface area contributed by atoms with Gasteiger partial charge in [0.1, 0.15) is 0 Å². The second-order valence-electron chi connectivity index (χ2n) is 7.36. The van der Waals surface area contributed by atoms with Crippen LogP contribution in [0.25, 0.3) is 0 Å². The van der Waals surface area contributed by atoms with Crippen molar-refractivity contribution in [2.45, 2.75) is 77.5 Å². The standard InChI is InChI=1S/C19H32N2O2S/c1-5-23-16-12-15(19(16)9-6-7-10-19)20-13(2)18-14(3)21-17(24-18)8-11-22-4/h13,15-16,20H,5-12H2,1-4H3/t13-,15-,16-/m1/s1. The molecule has 0 aliphatic heterocycles. The maximum absolute atomic E-state index is 6.04. The molecule has 1 heterocycles. The first-order valence-corrected chi connectivity index (χ1v) is 10.2. The maximum Gasteiger partial charge on any atom is 0.0954 e. The van der Waals surface area contributed by atoms with Crippen LogP contribution in [0.5, 0.6) is 0 Å². The van der Waals surface area contributed by atoms with E-state index in [0.29, 0.717) is 23.6 Å². The lowest BCUT2D eigenvalue weighted by Gasteiger charge is -2.55. The largest absolute Gasteiger partial charge is 0.384 e. The fourth-order valence-corrected chi connectivity index (χ4v) is 5.72. The number of methoxy groups -OCH3 is 1. The van der Waals surface area contributed by atoms with Gasteiger partial charge in [-0.1, -0.05) is 12.8 Å². The quantitative estimate of drug-likeness (QED) is 0.767. The molecule has 5 heteroatoms. The summed E-state index contributed by atoms with van der Waals surface area (Å²) in [6, 6.07) is 0.958. The van der Waals surface area contributed by atoms with Crippen molar-refractivity contribution in [2.24, 2.45) is 5.41 Å². The highest BCUT2D eigenvalue weighted by molar-refractivity contribution is 7.11. The number of thiazole rings is 1. The monoisotopic (exact) mass is 352 g/mol. The Morgan fingerprint density at radius 1 is 1.38 bits per heavy atom. The molecule has 0 aromatic carbocycles. The number of nitrogens with one attached hydrogen (secondary N) is 1. The Balaban J connectivity index is 1.64. The first-order valence-electron chi connectivity index (χ1n) is 9.43. The minimum Gasteiger partial charge on any atom is -0.384 e. The fourth-order valence-electron chi connectivity index (χ4n) is 4.66. The summed E-state index contributed by atoms with van der Waals surface area (Å²) in [5, 5.41) is 5.11. The van der Waals surface area contributed by atoms with E-state index in [-0.39, 0.29) is 0 Å². The van der Waals surface area contributed by atoms with Crippen LogP contribution in [0.3, 0.4) is 0 Å². The summed E-state index contributed by atoms with van der Waals surface area (Å²) in [6.07, 6.45) is 7.90. The SMILES string of the molecule is CCO[C@@H]1C[C@@H](N[C@H](C)c2sc(CCOC)nc2C)C12CCCC2. The van der Waals surface area contributed by atoms with Gasteiger partial charge in [-0.2, -0.15) is 0 Å². The summed E-state index contributed by atoms with van der Waals surface area (Å²) >= 11 is 1.84. The molecular formula is C19H32N2O2S. The lowest BCUT2D eigenvalue weighted by molar-refractivity contribution is -0.132. The van der Waals surface area contributed by atoms with Crippen molar-refractivity contribution in [3.8, 4) is 0 Å². The average molecular weight is 353 g/mol. The third-order valence-electron chi connectivity index (χ3n) is 5.93. The predicted molar refractivity (Wildman–Crippen MR) is 98.7 cm³/mol. The molecule has 24 heavy (non-hydrogen) atoms. The third-order valence-corrected chi connectivity index (χ3v) is 7.33. The summed E-state index contributed by atoms with van der Waals surface area (Å²) < 4.78 is 11.2. The Bertz CT molecular complexity index is 539. The molecule has 136 valence electrons. The van der Waals surface area contributed by atoms with Crippen molar-refractivity contribution in [3.63, 3.8) is 0 Å². The lowest BCUT2D eigenvalue weighted by atomic mass is 9.60. The molecule has 1 N–H and O–H groups in total. The number of hydrogen-bond acceptors (Lipinski definition) is 5. The maximum atomic E-state index is 6.04. The van der Waals surface area contributed by atoms with Crippen LogP contribution in [0.1, 0.15) is 67.6 Å².